The molecule has 1 saturated carbocycles. The van der Waals surface area contributed by atoms with Gasteiger partial charge in [0.15, 0.2) is 0 Å². The molecule has 0 saturated heterocycles. The lowest BCUT2D eigenvalue weighted by molar-refractivity contribution is 0.230. The Morgan fingerprint density at radius 1 is 1.50 bits per heavy atom. The Kier molecular flexibility index (Phi) is 5.71. The van der Waals surface area contributed by atoms with Crippen LogP contribution in [0.5, 0.6) is 0 Å². The van der Waals surface area contributed by atoms with Gasteiger partial charge in [-0.1, -0.05) is 37.8 Å². The normalized spacial score (nSPS) is 17.7. The van der Waals surface area contributed by atoms with Crippen LogP contribution < -0.4 is 10.6 Å². The number of nitrogens with zero attached hydrogens (tertiary/aromatic N) is 2. The topological polar surface area (TPSA) is 59.0 Å². The van der Waals surface area contributed by atoms with E-state index in [1.807, 2.05) is 0 Å². The van der Waals surface area contributed by atoms with Crippen molar-refractivity contribution in [1.82, 2.24) is 20.4 Å². The minimum atomic E-state index is -0.0535. The summed E-state index contributed by atoms with van der Waals surface area (Å²) in [6.07, 6.45) is 9.37. The van der Waals surface area contributed by atoms with Crippen LogP contribution in [0.2, 0.25) is 5.02 Å². The van der Waals surface area contributed by atoms with Crippen molar-refractivity contribution in [3.8, 4) is 0 Å². The van der Waals surface area contributed by atoms with Gasteiger partial charge in [-0.15, -0.1) is 0 Å². The molecule has 1 heterocycles. The first-order chi connectivity index (χ1) is 9.63. The Bertz CT molecular complexity index is 429. The summed E-state index contributed by atoms with van der Waals surface area (Å²) in [6, 6.07) is 0.297. The van der Waals surface area contributed by atoms with Gasteiger partial charge in [0.05, 0.1) is 11.2 Å². The Balaban J connectivity index is 1.64. The van der Waals surface area contributed by atoms with E-state index in [9.17, 15) is 4.79 Å². The summed E-state index contributed by atoms with van der Waals surface area (Å²) in [5.41, 5.74) is 0. The highest BCUT2D eigenvalue weighted by Crippen LogP contribution is 2.17. The molecule has 0 aromatic carbocycles. The minimum absolute atomic E-state index is 0.0535. The van der Waals surface area contributed by atoms with Gasteiger partial charge in [0.1, 0.15) is 0 Å². The second kappa shape index (κ2) is 7.53. The number of hydrogen-bond donors (Lipinski definition) is 2. The molecule has 1 aromatic heterocycles. The Morgan fingerprint density at radius 2 is 2.25 bits per heavy atom. The zero-order valence-electron chi connectivity index (χ0n) is 11.9. The average Bonchev–Trinajstić information content (AvgIpc) is 2.83. The second-order valence-corrected chi connectivity index (χ2v) is 6.11. The minimum Gasteiger partial charge on any atom is -0.338 e. The van der Waals surface area contributed by atoms with Gasteiger partial charge in [0.25, 0.3) is 0 Å². The van der Waals surface area contributed by atoms with Crippen molar-refractivity contribution < 1.29 is 4.79 Å². The third kappa shape index (κ3) is 5.04. The van der Waals surface area contributed by atoms with Gasteiger partial charge in [-0.2, -0.15) is 5.10 Å². The largest absolute Gasteiger partial charge is 0.338 e. The van der Waals surface area contributed by atoms with Crippen molar-refractivity contribution in [3.05, 3.63) is 17.4 Å². The number of hydrogen-bond acceptors (Lipinski definition) is 2. The molecule has 1 unspecified atom stereocenters. The summed E-state index contributed by atoms with van der Waals surface area (Å²) in [5.74, 6) is 0.308. The predicted octanol–water partition coefficient (Wildman–Crippen LogP) is 2.80. The molecule has 2 N–H and O–H groups in total. The fraction of sp³-hybridized carbons (Fsp3) is 0.714. The van der Waals surface area contributed by atoms with Gasteiger partial charge in [0.2, 0.25) is 0 Å². The maximum atomic E-state index is 11.8. The third-order valence-electron chi connectivity index (χ3n) is 3.65. The molecule has 0 radical (unpaired) electrons. The maximum Gasteiger partial charge on any atom is 0.315 e. The molecular weight excluding hydrogens is 276 g/mol. The van der Waals surface area contributed by atoms with Crippen LogP contribution in [-0.4, -0.2) is 28.4 Å². The molecule has 112 valence electrons. The molecule has 2 amide bonds. The lowest BCUT2D eigenvalue weighted by atomic mass is 9.96. The molecule has 1 aliphatic rings. The number of rotatable bonds is 5. The van der Waals surface area contributed by atoms with Crippen LogP contribution in [0.25, 0.3) is 0 Å². The monoisotopic (exact) mass is 298 g/mol. The Labute approximate surface area is 125 Å². The molecule has 1 atom stereocenters. The summed E-state index contributed by atoms with van der Waals surface area (Å²) in [5, 5.41) is 10.8. The van der Waals surface area contributed by atoms with Gasteiger partial charge < -0.3 is 10.6 Å². The molecule has 0 bridgehead atoms. The van der Waals surface area contributed by atoms with Gasteiger partial charge in [-0.3, -0.25) is 4.68 Å². The van der Waals surface area contributed by atoms with Crippen LogP contribution in [0, 0.1) is 5.92 Å². The van der Waals surface area contributed by atoms with Crippen LogP contribution in [0.15, 0.2) is 12.4 Å². The lowest BCUT2D eigenvalue weighted by Gasteiger charge is -2.23. The molecule has 0 aliphatic heterocycles. The summed E-state index contributed by atoms with van der Waals surface area (Å²) in [6.45, 7) is 3.46. The van der Waals surface area contributed by atoms with Crippen molar-refractivity contribution in [1.29, 1.82) is 0 Å². The highest BCUT2D eigenvalue weighted by molar-refractivity contribution is 6.30. The quantitative estimate of drug-likeness (QED) is 0.878. The van der Waals surface area contributed by atoms with E-state index in [1.54, 1.807) is 17.1 Å². The number of carbonyl (C=O) groups is 1. The van der Waals surface area contributed by atoms with Gasteiger partial charge in [0, 0.05) is 25.3 Å². The van der Waals surface area contributed by atoms with Crippen LogP contribution >= 0.6 is 11.6 Å². The van der Waals surface area contributed by atoms with E-state index in [-0.39, 0.29) is 6.03 Å². The molecule has 2 rings (SSSR count). The SMILES string of the molecule is CC(CNC(=O)NC1CCCCC1)Cn1cc(Cl)cn1. The first-order valence-corrected chi connectivity index (χ1v) is 7.73. The highest BCUT2D eigenvalue weighted by Gasteiger charge is 2.15. The number of carbonyl (C=O) groups excluding carboxylic acids is 1. The predicted molar refractivity (Wildman–Crippen MR) is 79.8 cm³/mol. The number of amides is 2. The van der Waals surface area contributed by atoms with E-state index in [0.717, 1.165) is 19.4 Å². The maximum absolute atomic E-state index is 11.8. The van der Waals surface area contributed by atoms with Crippen LogP contribution in [-0.2, 0) is 6.54 Å². The van der Waals surface area contributed by atoms with Gasteiger partial charge in [-0.25, -0.2) is 4.79 Å². The van der Waals surface area contributed by atoms with Crippen molar-refractivity contribution in [2.75, 3.05) is 6.54 Å². The van der Waals surface area contributed by atoms with E-state index < -0.39 is 0 Å². The first-order valence-electron chi connectivity index (χ1n) is 7.36. The number of urea groups is 1. The third-order valence-corrected chi connectivity index (χ3v) is 3.85. The zero-order chi connectivity index (χ0) is 14.4. The molecule has 1 aromatic rings. The first kappa shape index (κ1) is 15.2. The van der Waals surface area contributed by atoms with E-state index in [2.05, 4.69) is 22.7 Å². The molecule has 6 heteroatoms. The Morgan fingerprint density at radius 3 is 2.90 bits per heavy atom. The number of halogens is 1. The van der Waals surface area contributed by atoms with E-state index in [4.69, 9.17) is 11.6 Å². The molecule has 1 fully saturated rings. The highest BCUT2D eigenvalue weighted by atomic mass is 35.5. The van der Waals surface area contributed by atoms with Crippen LogP contribution in [0.1, 0.15) is 39.0 Å². The lowest BCUT2D eigenvalue weighted by Crippen LogP contribution is -2.44. The van der Waals surface area contributed by atoms with E-state index in [0.29, 0.717) is 23.5 Å². The van der Waals surface area contributed by atoms with Crippen LogP contribution in [0.4, 0.5) is 4.79 Å². The zero-order valence-corrected chi connectivity index (χ0v) is 12.7. The summed E-state index contributed by atoms with van der Waals surface area (Å²) < 4.78 is 1.80. The van der Waals surface area contributed by atoms with E-state index in [1.165, 1.54) is 19.3 Å². The number of aromatic nitrogens is 2. The summed E-state index contributed by atoms with van der Waals surface area (Å²) >= 11 is 5.82. The van der Waals surface area contributed by atoms with Gasteiger partial charge >= 0.3 is 6.03 Å². The molecule has 1 aliphatic carbocycles. The van der Waals surface area contributed by atoms with Gasteiger partial charge in [-0.05, 0) is 18.8 Å². The standard InChI is InChI=1S/C14H23ClN4O/c1-11(9-19-10-12(15)8-17-19)7-16-14(20)18-13-5-3-2-4-6-13/h8,10-11,13H,2-7,9H2,1H3,(H2,16,18,20). The van der Waals surface area contributed by atoms with Crippen molar-refractivity contribution >= 4 is 17.6 Å². The molecule has 0 spiro atoms. The summed E-state index contributed by atoms with van der Waals surface area (Å²) in [4.78, 5) is 11.8. The smallest absolute Gasteiger partial charge is 0.315 e. The fourth-order valence-corrected chi connectivity index (χ4v) is 2.73. The molecule has 5 nitrogen and oxygen atoms in total. The molecular formula is C14H23ClN4O. The Hall–Kier alpha value is -1.23. The fourth-order valence-electron chi connectivity index (χ4n) is 2.57. The van der Waals surface area contributed by atoms with Crippen molar-refractivity contribution in [2.24, 2.45) is 5.92 Å². The molecule has 20 heavy (non-hydrogen) atoms. The number of nitrogens with one attached hydrogen (secondary N) is 2. The van der Waals surface area contributed by atoms with Crippen LogP contribution in [0.3, 0.4) is 0 Å². The van der Waals surface area contributed by atoms with Crippen molar-refractivity contribution in [2.45, 2.75) is 51.6 Å². The van der Waals surface area contributed by atoms with E-state index >= 15 is 0 Å². The van der Waals surface area contributed by atoms with Crippen molar-refractivity contribution in [3.63, 3.8) is 0 Å². The second-order valence-electron chi connectivity index (χ2n) is 5.68. The summed E-state index contributed by atoms with van der Waals surface area (Å²) in [7, 11) is 0. The average molecular weight is 299 g/mol.